The molecule has 0 unspecified atom stereocenters. The molecular weight excluding hydrogens is 432 g/mol. The van der Waals surface area contributed by atoms with Crippen molar-refractivity contribution in [2.75, 3.05) is 25.0 Å². The first-order valence-electron chi connectivity index (χ1n) is 10.00. The number of aromatic nitrogens is 5. The van der Waals surface area contributed by atoms with Gasteiger partial charge in [-0.3, -0.25) is 9.40 Å². The number of aryl methyl sites for hydroxylation is 1. The quantitative estimate of drug-likeness (QED) is 0.475. The Hall–Kier alpha value is -3.28. The van der Waals surface area contributed by atoms with Crippen LogP contribution in [0.25, 0.3) is 16.7 Å². The standard InChI is InChI=1S/C21H22N6O4S/c1-26-20-15(11-23-26)4-3-5-18(20)25-32(28,29)17-12-24-27(13-17)19-10-16(6-8-22-19)21(30-2)7-9-31-14-21/h3-6,8,10-13,25H,7,9,14H2,1-2H3/t21-/m0/s1. The van der Waals surface area contributed by atoms with Gasteiger partial charge in [0.05, 0.1) is 36.4 Å². The molecule has 1 aliphatic rings. The molecule has 10 nitrogen and oxygen atoms in total. The van der Waals surface area contributed by atoms with Gasteiger partial charge in [0, 0.05) is 38.8 Å². The highest BCUT2D eigenvalue weighted by Gasteiger charge is 2.37. The zero-order valence-corrected chi connectivity index (χ0v) is 18.4. The summed E-state index contributed by atoms with van der Waals surface area (Å²) in [6, 6.07) is 9.06. The van der Waals surface area contributed by atoms with Gasteiger partial charge in [-0.15, -0.1) is 0 Å². The Balaban J connectivity index is 1.46. The van der Waals surface area contributed by atoms with Gasteiger partial charge in [0.1, 0.15) is 10.5 Å². The number of fused-ring (bicyclic) bond motifs is 1. The number of para-hydroxylation sites is 1. The molecule has 0 radical (unpaired) electrons. The van der Waals surface area contributed by atoms with E-state index in [0.717, 1.165) is 17.4 Å². The predicted octanol–water partition coefficient (Wildman–Crippen LogP) is 2.22. The van der Waals surface area contributed by atoms with Crippen molar-refractivity contribution >= 4 is 26.6 Å². The van der Waals surface area contributed by atoms with Crippen LogP contribution in [-0.4, -0.2) is 53.3 Å². The Morgan fingerprint density at radius 2 is 2.09 bits per heavy atom. The Kier molecular flexibility index (Phi) is 4.96. The molecule has 1 fully saturated rings. The summed E-state index contributed by atoms with van der Waals surface area (Å²) >= 11 is 0. The maximum atomic E-state index is 13.0. The minimum Gasteiger partial charge on any atom is -0.378 e. The van der Waals surface area contributed by atoms with Gasteiger partial charge in [-0.1, -0.05) is 12.1 Å². The first kappa shape index (κ1) is 20.6. The fourth-order valence-electron chi connectivity index (χ4n) is 3.97. The lowest BCUT2D eigenvalue weighted by Gasteiger charge is -2.26. The van der Waals surface area contributed by atoms with Gasteiger partial charge in [-0.25, -0.2) is 18.1 Å². The molecular formula is C21H22N6O4S. The van der Waals surface area contributed by atoms with Gasteiger partial charge in [-0.2, -0.15) is 10.2 Å². The topological polar surface area (TPSA) is 113 Å². The first-order chi connectivity index (χ1) is 15.4. The van der Waals surface area contributed by atoms with E-state index >= 15 is 0 Å². The summed E-state index contributed by atoms with van der Waals surface area (Å²) in [5.41, 5.74) is 1.51. The lowest BCUT2D eigenvalue weighted by molar-refractivity contribution is -0.0213. The SMILES string of the molecule is CO[C@@]1(c2ccnc(-n3cc(S(=O)(=O)Nc4cccc5cnn(C)c45)cn3)c2)CCOC1. The summed E-state index contributed by atoms with van der Waals surface area (Å²) in [6.07, 6.45) is 6.80. The van der Waals surface area contributed by atoms with Gasteiger partial charge in [0.15, 0.2) is 5.82 Å². The van der Waals surface area contributed by atoms with E-state index < -0.39 is 15.6 Å². The van der Waals surface area contributed by atoms with Crippen LogP contribution < -0.4 is 4.72 Å². The number of sulfonamides is 1. The molecule has 11 heteroatoms. The minimum absolute atomic E-state index is 0.0227. The zero-order chi connectivity index (χ0) is 22.3. The van der Waals surface area contributed by atoms with E-state index in [2.05, 4.69) is 19.9 Å². The second-order valence-electron chi connectivity index (χ2n) is 7.64. The van der Waals surface area contributed by atoms with E-state index in [4.69, 9.17) is 9.47 Å². The molecule has 166 valence electrons. The highest BCUT2D eigenvalue weighted by molar-refractivity contribution is 7.92. The fraction of sp³-hybridized carbons (Fsp3) is 0.286. The van der Waals surface area contributed by atoms with E-state index in [9.17, 15) is 8.42 Å². The Morgan fingerprint density at radius 1 is 1.22 bits per heavy atom. The van der Waals surface area contributed by atoms with Crippen molar-refractivity contribution < 1.29 is 17.9 Å². The van der Waals surface area contributed by atoms with Crippen LogP contribution in [0.4, 0.5) is 5.69 Å². The van der Waals surface area contributed by atoms with Crippen molar-refractivity contribution in [3.63, 3.8) is 0 Å². The van der Waals surface area contributed by atoms with Gasteiger partial charge in [-0.05, 0) is 23.8 Å². The van der Waals surface area contributed by atoms with Crippen molar-refractivity contribution in [2.45, 2.75) is 16.9 Å². The number of nitrogens with zero attached hydrogens (tertiary/aromatic N) is 5. The second kappa shape index (κ2) is 7.69. The normalized spacial score (nSPS) is 18.9. The molecule has 1 aliphatic heterocycles. The zero-order valence-electron chi connectivity index (χ0n) is 17.6. The number of methoxy groups -OCH3 is 1. The number of benzene rings is 1. The number of ether oxygens (including phenoxy) is 2. The number of hydrogen-bond donors (Lipinski definition) is 1. The molecule has 1 N–H and O–H groups in total. The summed E-state index contributed by atoms with van der Waals surface area (Å²) < 4.78 is 43.1. The van der Waals surface area contributed by atoms with E-state index in [0.29, 0.717) is 30.2 Å². The maximum Gasteiger partial charge on any atom is 0.265 e. The lowest BCUT2D eigenvalue weighted by atomic mass is 9.93. The monoisotopic (exact) mass is 454 g/mol. The number of rotatable bonds is 6. The van der Waals surface area contributed by atoms with Gasteiger partial charge in [0.2, 0.25) is 0 Å². The van der Waals surface area contributed by atoms with E-state index in [1.54, 1.807) is 43.4 Å². The van der Waals surface area contributed by atoms with Crippen LogP contribution in [0.3, 0.4) is 0 Å². The molecule has 1 atom stereocenters. The molecule has 3 aromatic heterocycles. The molecule has 4 aromatic rings. The fourth-order valence-corrected chi connectivity index (χ4v) is 4.97. The lowest BCUT2D eigenvalue weighted by Crippen LogP contribution is -2.29. The van der Waals surface area contributed by atoms with Gasteiger partial charge in [0.25, 0.3) is 10.0 Å². The Morgan fingerprint density at radius 3 is 2.88 bits per heavy atom. The van der Waals surface area contributed by atoms with Crippen molar-refractivity contribution in [3.05, 3.63) is 60.7 Å². The number of hydrogen-bond acceptors (Lipinski definition) is 7. The number of pyridine rings is 1. The minimum atomic E-state index is -3.88. The van der Waals surface area contributed by atoms with Crippen LogP contribution in [0.1, 0.15) is 12.0 Å². The largest absolute Gasteiger partial charge is 0.378 e. The van der Waals surface area contributed by atoms with E-state index in [1.807, 2.05) is 18.2 Å². The third kappa shape index (κ3) is 3.44. The Bertz CT molecular complexity index is 1390. The van der Waals surface area contributed by atoms with Crippen molar-refractivity contribution in [2.24, 2.45) is 7.05 Å². The summed E-state index contributed by atoms with van der Waals surface area (Å²) in [7, 11) is -0.459. The molecule has 32 heavy (non-hydrogen) atoms. The second-order valence-corrected chi connectivity index (χ2v) is 9.32. The predicted molar refractivity (Wildman–Crippen MR) is 117 cm³/mol. The van der Waals surface area contributed by atoms with Crippen LogP contribution in [0, 0.1) is 0 Å². The van der Waals surface area contributed by atoms with Gasteiger partial charge >= 0.3 is 0 Å². The molecule has 0 spiro atoms. The summed E-state index contributed by atoms with van der Waals surface area (Å²) in [5, 5.41) is 9.26. The van der Waals surface area contributed by atoms with Crippen LogP contribution in [-0.2, 0) is 32.1 Å². The number of nitrogens with one attached hydrogen (secondary N) is 1. The summed E-state index contributed by atoms with van der Waals surface area (Å²) in [4.78, 5) is 4.37. The van der Waals surface area contributed by atoms with Gasteiger partial charge < -0.3 is 9.47 Å². The molecule has 1 saturated heterocycles. The van der Waals surface area contributed by atoms with Crippen LogP contribution in [0.15, 0.2) is 60.0 Å². The average molecular weight is 455 g/mol. The third-order valence-electron chi connectivity index (χ3n) is 5.76. The molecule has 1 aromatic carbocycles. The smallest absolute Gasteiger partial charge is 0.265 e. The van der Waals surface area contributed by atoms with Crippen LogP contribution in [0.2, 0.25) is 0 Å². The average Bonchev–Trinajstić information content (AvgIpc) is 3.55. The van der Waals surface area contributed by atoms with Crippen molar-refractivity contribution in [3.8, 4) is 5.82 Å². The molecule has 4 heterocycles. The molecule has 0 amide bonds. The van der Waals surface area contributed by atoms with Crippen LogP contribution >= 0.6 is 0 Å². The molecule has 0 bridgehead atoms. The molecule has 0 aliphatic carbocycles. The van der Waals surface area contributed by atoms with Crippen molar-refractivity contribution in [1.29, 1.82) is 0 Å². The maximum absolute atomic E-state index is 13.0. The summed E-state index contributed by atoms with van der Waals surface area (Å²) in [6.45, 7) is 1.07. The highest BCUT2D eigenvalue weighted by Crippen LogP contribution is 2.34. The number of anilines is 1. The molecule has 0 saturated carbocycles. The van der Waals surface area contributed by atoms with E-state index in [-0.39, 0.29) is 4.90 Å². The highest BCUT2D eigenvalue weighted by atomic mass is 32.2. The van der Waals surface area contributed by atoms with Crippen molar-refractivity contribution in [1.82, 2.24) is 24.5 Å². The first-order valence-corrected chi connectivity index (χ1v) is 11.5. The van der Waals surface area contributed by atoms with Crippen LogP contribution in [0.5, 0.6) is 0 Å². The third-order valence-corrected chi connectivity index (χ3v) is 7.08. The molecule has 5 rings (SSSR count). The Labute approximate surface area is 184 Å². The summed E-state index contributed by atoms with van der Waals surface area (Å²) in [5.74, 6) is 0.487. The van der Waals surface area contributed by atoms with E-state index in [1.165, 1.54) is 17.1 Å².